The van der Waals surface area contributed by atoms with Gasteiger partial charge in [0.2, 0.25) is 11.7 Å². The van der Waals surface area contributed by atoms with E-state index in [2.05, 4.69) is 20.6 Å². The van der Waals surface area contributed by atoms with E-state index in [1.807, 2.05) is 13.8 Å². The first-order valence-corrected chi connectivity index (χ1v) is 6.16. The van der Waals surface area contributed by atoms with Gasteiger partial charge >= 0.3 is 5.69 Å². The summed E-state index contributed by atoms with van der Waals surface area (Å²) >= 11 is 0. The number of anilines is 1. The predicted molar refractivity (Wildman–Crippen MR) is 70.4 cm³/mol. The Labute approximate surface area is 115 Å². The summed E-state index contributed by atoms with van der Waals surface area (Å²) in [7, 11) is 0. The van der Waals surface area contributed by atoms with Gasteiger partial charge in [-0.3, -0.25) is 10.1 Å². The molecule has 0 unspecified atom stereocenters. The minimum Gasteiger partial charge on any atom is -0.355 e. The molecule has 0 saturated heterocycles. The predicted octanol–water partition coefficient (Wildman–Crippen LogP) is 1.98. The molecule has 108 valence electrons. The third-order valence-corrected chi connectivity index (χ3v) is 2.70. The number of aromatic nitrogens is 4. The molecule has 2 heterocycles. The molecule has 2 rings (SSSR count). The van der Waals surface area contributed by atoms with Crippen molar-refractivity contribution in [2.24, 2.45) is 0 Å². The summed E-state index contributed by atoms with van der Waals surface area (Å²) in [5.74, 6) is 1.23. The first-order chi connectivity index (χ1) is 9.40. The minimum absolute atomic E-state index is 0.00526. The summed E-state index contributed by atoms with van der Waals surface area (Å²) in [6, 6.07) is -0.00526. The Morgan fingerprint density at radius 2 is 2.15 bits per heavy atom. The molecule has 9 heteroatoms. The Kier molecular flexibility index (Phi) is 3.68. The van der Waals surface area contributed by atoms with E-state index in [0.717, 1.165) is 0 Å². The van der Waals surface area contributed by atoms with Gasteiger partial charge in [0.1, 0.15) is 5.69 Å². The average molecular weight is 280 g/mol. The van der Waals surface area contributed by atoms with E-state index in [-0.39, 0.29) is 18.3 Å². The van der Waals surface area contributed by atoms with Crippen molar-refractivity contribution in [1.29, 1.82) is 0 Å². The zero-order valence-corrected chi connectivity index (χ0v) is 11.7. The van der Waals surface area contributed by atoms with Gasteiger partial charge in [-0.1, -0.05) is 5.16 Å². The molecule has 0 bridgehead atoms. The van der Waals surface area contributed by atoms with Crippen LogP contribution in [0.4, 0.5) is 11.5 Å². The molecule has 0 saturated carbocycles. The van der Waals surface area contributed by atoms with E-state index < -0.39 is 4.92 Å². The van der Waals surface area contributed by atoms with Crippen LogP contribution in [0.1, 0.15) is 37.3 Å². The highest BCUT2D eigenvalue weighted by molar-refractivity contribution is 5.59. The lowest BCUT2D eigenvalue weighted by molar-refractivity contribution is -0.384. The number of rotatable bonds is 5. The normalized spacial score (nSPS) is 11.1. The van der Waals surface area contributed by atoms with E-state index >= 15 is 0 Å². The number of hydrogen-bond donors (Lipinski definition) is 1. The lowest BCUT2D eigenvalue weighted by Crippen LogP contribution is -2.11. The largest absolute Gasteiger partial charge is 0.355 e. The Bertz CT molecular complexity index is 630. The molecule has 0 aliphatic carbocycles. The van der Waals surface area contributed by atoms with E-state index in [1.54, 1.807) is 18.5 Å². The number of nitrogens with zero attached hydrogens (tertiary/aromatic N) is 5. The van der Waals surface area contributed by atoms with Crippen LogP contribution in [-0.2, 0) is 6.54 Å². The topological polar surface area (TPSA) is 112 Å². The van der Waals surface area contributed by atoms with Crippen molar-refractivity contribution in [3.8, 4) is 0 Å². The van der Waals surface area contributed by atoms with E-state index in [9.17, 15) is 10.1 Å². The molecule has 0 spiro atoms. The maximum Gasteiger partial charge on any atom is 0.333 e. The standard InChI is InChI=1S/C11H16N6O3/c1-6(2)16-11(10(17(18)19)7(3)14-16)12-5-9-13-8(4)15-20-9/h6,12H,5H2,1-4H3. The van der Waals surface area contributed by atoms with Gasteiger partial charge in [-0.25, -0.2) is 4.68 Å². The maximum atomic E-state index is 11.2. The lowest BCUT2D eigenvalue weighted by atomic mass is 10.3. The fourth-order valence-electron chi connectivity index (χ4n) is 1.87. The zero-order valence-electron chi connectivity index (χ0n) is 11.7. The molecular weight excluding hydrogens is 264 g/mol. The fourth-order valence-corrected chi connectivity index (χ4v) is 1.87. The molecule has 0 atom stereocenters. The van der Waals surface area contributed by atoms with Crippen molar-refractivity contribution in [2.75, 3.05) is 5.32 Å². The number of hydrogen-bond acceptors (Lipinski definition) is 7. The fraction of sp³-hybridized carbons (Fsp3) is 0.545. The second-order valence-corrected chi connectivity index (χ2v) is 4.67. The Morgan fingerprint density at radius 3 is 2.65 bits per heavy atom. The summed E-state index contributed by atoms with van der Waals surface area (Å²) in [4.78, 5) is 14.8. The van der Waals surface area contributed by atoms with Crippen molar-refractivity contribution in [3.05, 3.63) is 27.5 Å². The number of aryl methyl sites for hydroxylation is 2. The van der Waals surface area contributed by atoms with Crippen molar-refractivity contribution in [1.82, 2.24) is 19.9 Å². The summed E-state index contributed by atoms with van der Waals surface area (Å²) in [6.45, 7) is 7.33. The third-order valence-electron chi connectivity index (χ3n) is 2.70. The number of nitro groups is 1. The van der Waals surface area contributed by atoms with Crippen LogP contribution in [0.2, 0.25) is 0 Å². The second kappa shape index (κ2) is 5.27. The molecule has 0 aliphatic rings. The molecule has 0 aliphatic heterocycles. The van der Waals surface area contributed by atoms with Crippen molar-refractivity contribution in [2.45, 2.75) is 40.3 Å². The highest BCUT2D eigenvalue weighted by Gasteiger charge is 2.26. The van der Waals surface area contributed by atoms with Crippen molar-refractivity contribution >= 4 is 11.5 Å². The number of nitrogens with one attached hydrogen (secondary N) is 1. The summed E-state index contributed by atoms with van der Waals surface area (Å²) in [6.07, 6.45) is 0. The van der Waals surface area contributed by atoms with E-state index in [4.69, 9.17) is 4.52 Å². The molecular formula is C11H16N6O3. The maximum absolute atomic E-state index is 11.2. The smallest absolute Gasteiger partial charge is 0.333 e. The second-order valence-electron chi connectivity index (χ2n) is 4.67. The quantitative estimate of drug-likeness (QED) is 0.658. The minimum atomic E-state index is -0.442. The van der Waals surface area contributed by atoms with Crippen LogP contribution in [0.5, 0.6) is 0 Å². The molecule has 2 aromatic rings. The first kappa shape index (κ1) is 14.0. The molecule has 0 aromatic carbocycles. The molecule has 2 aromatic heterocycles. The monoisotopic (exact) mass is 280 g/mol. The van der Waals surface area contributed by atoms with Gasteiger partial charge in [-0.2, -0.15) is 10.1 Å². The first-order valence-electron chi connectivity index (χ1n) is 6.16. The molecule has 0 amide bonds. The highest BCUT2D eigenvalue weighted by atomic mass is 16.6. The highest BCUT2D eigenvalue weighted by Crippen LogP contribution is 2.30. The van der Waals surface area contributed by atoms with Crippen LogP contribution in [0, 0.1) is 24.0 Å². The van der Waals surface area contributed by atoms with Crippen LogP contribution in [0.3, 0.4) is 0 Å². The van der Waals surface area contributed by atoms with Crippen LogP contribution in [-0.4, -0.2) is 24.8 Å². The van der Waals surface area contributed by atoms with Gasteiger partial charge < -0.3 is 9.84 Å². The van der Waals surface area contributed by atoms with E-state index in [1.165, 1.54) is 0 Å². The SMILES string of the molecule is Cc1noc(CNc2c([N+](=O)[O-])c(C)nn2C(C)C)n1. The van der Waals surface area contributed by atoms with Crippen LogP contribution in [0.15, 0.2) is 4.52 Å². The van der Waals surface area contributed by atoms with Crippen LogP contribution < -0.4 is 5.32 Å². The van der Waals surface area contributed by atoms with Gasteiger partial charge in [0.15, 0.2) is 5.82 Å². The molecule has 1 N–H and O–H groups in total. The molecule has 0 fully saturated rings. The molecule has 0 radical (unpaired) electrons. The van der Waals surface area contributed by atoms with Crippen molar-refractivity contribution in [3.63, 3.8) is 0 Å². The van der Waals surface area contributed by atoms with Gasteiger partial charge in [0.05, 0.1) is 11.5 Å². The average Bonchev–Trinajstić information content (AvgIpc) is 2.90. The van der Waals surface area contributed by atoms with Gasteiger partial charge in [0, 0.05) is 6.04 Å². The molecule has 20 heavy (non-hydrogen) atoms. The summed E-state index contributed by atoms with van der Waals surface area (Å²) in [5.41, 5.74) is 0.336. The Hall–Kier alpha value is -2.45. The molecule has 9 nitrogen and oxygen atoms in total. The third kappa shape index (κ3) is 2.60. The summed E-state index contributed by atoms with van der Waals surface area (Å²) < 4.78 is 6.55. The van der Waals surface area contributed by atoms with Gasteiger partial charge in [0.25, 0.3) is 0 Å². The van der Waals surface area contributed by atoms with Crippen LogP contribution in [0.25, 0.3) is 0 Å². The van der Waals surface area contributed by atoms with Gasteiger partial charge in [-0.05, 0) is 27.7 Å². The Balaban J connectivity index is 2.31. The lowest BCUT2D eigenvalue weighted by Gasteiger charge is -2.10. The zero-order chi connectivity index (χ0) is 14.9. The van der Waals surface area contributed by atoms with E-state index in [0.29, 0.717) is 23.2 Å². The van der Waals surface area contributed by atoms with Crippen LogP contribution >= 0.6 is 0 Å². The summed E-state index contributed by atoms with van der Waals surface area (Å²) in [5, 5.41) is 22.0. The van der Waals surface area contributed by atoms with Gasteiger partial charge in [-0.15, -0.1) is 0 Å². The van der Waals surface area contributed by atoms with Crippen molar-refractivity contribution < 1.29 is 9.45 Å². The Morgan fingerprint density at radius 1 is 1.45 bits per heavy atom.